The molecule has 4 aromatic rings. The Morgan fingerprint density at radius 2 is 1.71 bits per heavy atom. The molecule has 3 saturated heterocycles. The van der Waals surface area contributed by atoms with Crippen molar-refractivity contribution >= 4 is 45.5 Å². The van der Waals surface area contributed by atoms with Crippen LogP contribution in [0.3, 0.4) is 0 Å². The summed E-state index contributed by atoms with van der Waals surface area (Å²) in [5.74, 6) is -2.14. The quantitative estimate of drug-likeness (QED) is 0.119. The van der Waals surface area contributed by atoms with E-state index >= 15 is 8.78 Å². The van der Waals surface area contributed by atoms with Gasteiger partial charge in [-0.05, 0) is 83.8 Å². The van der Waals surface area contributed by atoms with E-state index in [2.05, 4.69) is 15.1 Å². The van der Waals surface area contributed by atoms with Crippen LogP contribution in [0.15, 0.2) is 23.5 Å². The Hall–Kier alpha value is -3.72. The Morgan fingerprint density at radius 3 is 2.33 bits per heavy atom. The number of thioether (sulfide) groups is 1. The van der Waals surface area contributed by atoms with Crippen LogP contribution in [0.1, 0.15) is 70.2 Å². The van der Waals surface area contributed by atoms with Crippen molar-refractivity contribution in [1.82, 2.24) is 24.6 Å². The summed E-state index contributed by atoms with van der Waals surface area (Å²) in [6.45, 7) is 7.82. The molecule has 3 atom stereocenters. The van der Waals surface area contributed by atoms with Crippen LogP contribution in [-0.2, 0) is 15.7 Å². The Morgan fingerprint density at radius 1 is 1.00 bits per heavy atom. The Kier molecular flexibility index (Phi) is 8.44. The zero-order valence-electron chi connectivity index (χ0n) is 27.8. The van der Waals surface area contributed by atoms with Crippen molar-refractivity contribution in [2.75, 3.05) is 30.9 Å². The fourth-order valence-electron chi connectivity index (χ4n) is 7.50. The van der Waals surface area contributed by atoms with Crippen LogP contribution in [0.5, 0.6) is 0 Å². The number of alkyl halides is 3. The van der Waals surface area contributed by atoms with E-state index in [9.17, 15) is 18.0 Å². The molecule has 0 spiro atoms. The number of aromatic nitrogens is 4. The number of hydrogen-bond donors (Lipinski definition) is 0. The standard InChI is InChI=1S/C34H37F5N6O3S/c1-17-12-23-21(14-40-45(23)24-8-6-7-11-47-24)25(27(17)34(37,38)39)26-22(35)13-20-29(28(26)36)41-31(49-5)42-30(20)43-15-18-9-10-19(16-43)44(18)32(46)48-33(2,3)4/h12-14,18-19,24H,6-11,15-16H2,1-5H3. The summed E-state index contributed by atoms with van der Waals surface area (Å²) in [6, 6.07) is 1.94. The van der Waals surface area contributed by atoms with Crippen molar-refractivity contribution in [1.29, 1.82) is 0 Å². The lowest BCUT2D eigenvalue weighted by Gasteiger charge is -2.42. The van der Waals surface area contributed by atoms with E-state index in [0.717, 1.165) is 43.5 Å². The van der Waals surface area contributed by atoms with Gasteiger partial charge in [0.25, 0.3) is 0 Å². The van der Waals surface area contributed by atoms with Gasteiger partial charge in [-0.2, -0.15) is 18.3 Å². The number of carbonyl (C=O) groups excluding carboxylic acids is 1. The smallest absolute Gasteiger partial charge is 0.417 e. The van der Waals surface area contributed by atoms with E-state index in [0.29, 0.717) is 26.1 Å². The second-order valence-corrected chi connectivity index (χ2v) is 14.7. The molecule has 0 saturated carbocycles. The van der Waals surface area contributed by atoms with Gasteiger partial charge in [0.2, 0.25) is 0 Å². The molecule has 262 valence electrons. The normalized spacial score (nSPS) is 21.6. The monoisotopic (exact) mass is 704 g/mol. The minimum Gasteiger partial charge on any atom is -0.444 e. The maximum Gasteiger partial charge on any atom is 0.417 e. The molecule has 3 aliphatic heterocycles. The molecule has 2 bridgehead atoms. The van der Waals surface area contributed by atoms with Crippen molar-refractivity contribution < 1.29 is 36.2 Å². The highest BCUT2D eigenvalue weighted by Crippen LogP contribution is 2.47. The molecule has 7 rings (SSSR count). The number of halogens is 5. The van der Waals surface area contributed by atoms with Crippen LogP contribution < -0.4 is 4.90 Å². The van der Waals surface area contributed by atoms with Gasteiger partial charge in [0.05, 0.1) is 34.9 Å². The first-order valence-electron chi connectivity index (χ1n) is 16.4. The molecule has 15 heteroatoms. The molecule has 3 unspecified atom stereocenters. The van der Waals surface area contributed by atoms with Crippen LogP contribution in [0.4, 0.5) is 32.6 Å². The molecule has 0 radical (unpaired) electrons. The van der Waals surface area contributed by atoms with E-state index < -0.39 is 52.4 Å². The van der Waals surface area contributed by atoms with Gasteiger partial charge < -0.3 is 14.4 Å². The predicted molar refractivity (Wildman–Crippen MR) is 176 cm³/mol. The molecule has 0 N–H and O–H groups in total. The fourth-order valence-corrected chi connectivity index (χ4v) is 7.86. The third-order valence-electron chi connectivity index (χ3n) is 9.47. The second kappa shape index (κ2) is 12.3. The van der Waals surface area contributed by atoms with Crippen molar-refractivity contribution in [2.45, 2.75) is 95.0 Å². The number of nitrogens with zero attached hydrogens (tertiary/aromatic N) is 6. The first-order chi connectivity index (χ1) is 23.2. The maximum absolute atomic E-state index is 16.9. The van der Waals surface area contributed by atoms with Gasteiger partial charge in [-0.25, -0.2) is 28.2 Å². The van der Waals surface area contributed by atoms with Crippen LogP contribution in [0.25, 0.3) is 32.9 Å². The number of carbonyl (C=O) groups is 1. The molecule has 0 aliphatic carbocycles. The van der Waals surface area contributed by atoms with Gasteiger partial charge in [-0.15, -0.1) is 0 Å². The summed E-state index contributed by atoms with van der Waals surface area (Å²) in [4.78, 5) is 25.7. The fraction of sp³-hybridized carbons (Fsp3) is 0.529. The van der Waals surface area contributed by atoms with Crippen LogP contribution in [-0.4, -0.2) is 74.4 Å². The lowest BCUT2D eigenvalue weighted by molar-refractivity contribution is -0.137. The molecule has 9 nitrogen and oxygen atoms in total. The van der Waals surface area contributed by atoms with Crippen LogP contribution in [0, 0.1) is 18.6 Å². The number of rotatable bonds is 4. The second-order valence-electron chi connectivity index (χ2n) is 13.9. The number of piperazine rings is 1. The van der Waals surface area contributed by atoms with Crippen LogP contribution in [0.2, 0.25) is 0 Å². The Bertz CT molecular complexity index is 1940. The molecule has 2 aromatic carbocycles. The average Bonchev–Trinajstić information content (AvgIpc) is 3.57. The molecular formula is C34H37F5N6O3S. The third kappa shape index (κ3) is 5.96. The molecular weight excluding hydrogens is 667 g/mol. The summed E-state index contributed by atoms with van der Waals surface area (Å²) in [7, 11) is 0. The topological polar surface area (TPSA) is 85.6 Å². The molecule has 3 aliphatic rings. The summed E-state index contributed by atoms with van der Waals surface area (Å²) in [5.41, 5.74) is -3.47. The Labute approximate surface area is 284 Å². The number of fused-ring (bicyclic) bond motifs is 4. The maximum atomic E-state index is 16.9. The summed E-state index contributed by atoms with van der Waals surface area (Å²) in [6.07, 6.45) is 0.815. The zero-order valence-corrected chi connectivity index (χ0v) is 28.6. The molecule has 5 heterocycles. The molecule has 2 aromatic heterocycles. The van der Waals surface area contributed by atoms with Crippen molar-refractivity contribution in [3.05, 3.63) is 41.1 Å². The lowest BCUT2D eigenvalue weighted by Crippen LogP contribution is -2.57. The average molecular weight is 705 g/mol. The number of anilines is 1. The summed E-state index contributed by atoms with van der Waals surface area (Å²) >= 11 is 1.14. The number of amides is 1. The third-order valence-corrected chi connectivity index (χ3v) is 10.0. The summed E-state index contributed by atoms with van der Waals surface area (Å²) < 4.78 is 90.7. The first-order valence-corrected chi connectivity index (χ1v) is 17.6. The van der Waals surface area contributed by atoms with E-state index in [4.69, 9.17) is 9.47 Å². The van der Waals surface area contributed by atoms with E-state index in [1.807, 2.05) is 4.90 Å². The van der Waals surface area contributed by atoms with Gasteiger partial charge in [0.15, 0.2) is 17.2 Å². The van der Waals surface area contributed by atoms with Gasteiger partial charge in [-0.1, -0.05) is 11.8 Å². The Balaban J connectivity index is 1.37. The number of aryl methyl sites for hydroxylation is 1. The van der Waals surface area contributed by atoms with Crippen molar-refractivity contribution in [3.8, 4) is 11.1 Å². The molecule has 49 heavy (non-hydrogen) atoms. The lowest BCUT2D eigenvalue weighted by atomic mass is 9.90. The SMILES string of the molecule is CSc1nc(N2CC3CCC(C2)N3C(=O)OC(C)(C)C)c2cc(F)c(-c3c(C(F)(F)F)c(C)cc4c3cnn4C3CCCCO3)c(F)c2n1. The predicted octanol–water partition coefficient (Wildman–Crippen LogP) is 8.26. The molecule has 1 amide bonds. The largest absolute Gasteiger partial charge is 0.444 e. The van der Waals surface area contributed by atoms with E-state index in [1.165, 1.54) is 23.9 Å². The number of hydrogen-bond acceptors (Lipinski definition) is 8. The van der Waals surface area contributed by atoms with Gasteiger partial charge in [-0.3, -0.25) is 4.90 Å². The number of ether oxygens (including phenoxy) is 2. The highest BCUT2D eigenvalue weighted by molar-refractivity contribution is 7.98. The summed E-state index contributed by atoms with van der Waals surface area (Å²) in [5, 5.41) is 4.52. The van der Waals surface area contributed by atoms with E-state index in [-0.39, 0.29) is 50.4 Å². The highest BCUT2D eigenvalue weighted by Gasteiger charge is 2.45. The van der Waals surface area contributed by atoms with Crippen LogP contribution >= 0.6 is 11.8 Å². The van der Waals surface area contributed by atoms with Crippen molar-refractivity contribution in [3.63, 3.8) is 0 Å². The van der Waals surface area contributed by atoms with Gasteiger partial charge >= 0.3 is 12.3 Å². The van der Waals surface area contributed by atoms with Gasteiger partial charge in [0.1, 0.15) is 22.8 Å². The molecule has 3 fully saturated rings. The van der Waals surface area contributed by atoms with E-state index in [1.54, 1.807) is 31.9 Å². The minimum absolute atomic E-state index is 0.0328. The first kappa shape index (κ1) is 33.8. The highest BCUT2D eigenvalue weighted by atomic mass is 32.2. The van der Waals surface area contributed by atoms with Gasteiger partial charge in [0, 0.05) is 36.0 Å². The zero-order chi connectivity index (χ0) is 35.0. The van der Waals surface area contributed by atoms with Crippen molar-refractivity contribution in [2.24, 2.45) is 0 Å². The minimum atomic E-state index is -4.93. The number of benzene rings is 2.